The van der Waals surface area contributed by atoms with Crippen LogP contribution in [0.1, 0.15) is 12.0 Å². The van der Waals surface area contributed by atoms with Gasteiger partial charge in [-0.05, 0) is 5.56 Å². The van der Waals surface area contributed by atoms with Crippen molar-refractivity contribution in [3.05, 3.63) is 35.9 Å². The van der Waals surface area contributed by atoms with Gasteiger partial charge in [0, 0.05) is 12.6 Å². The van der Waals surface area contributed by atoms with E-state index in [0.29, 0.717) is 11.8 Å². The summed E-state index contributed by atoms with van der Waals surface area (Å²) in [6, 6.07) is 10.9. The van der Waals surface area contributed by atoms with Gasteiger partial charge >= 0.3 is 0 Å². The average Bonchev–Trinajstić information content (AvgIpc) is 2.27. The van der Waals surface area contributed by atoms with E-state index in [-0.39, 0.29) is 6.42 Å². The van der Waals surface area contributed by atoms with Gasteiger partial charge in [0.05, 0.1) is 6.07 Å². The number of hydrogen-bond acceptors (Lipinski definition) is 3. The topological polar surface area (TPSA) is 64.7 Å². The Labute approximate surface area is 82.5 Å². The minimum atomic E-state index is -1.09. The zero-order chi connectivity index (χ0) is 10.4. The standard InChI is InChI=1S/C11H10N2O/c12-8-11(9-13,6-7-14)10-4-2-1-3-5-10/h1-5,7-8,12H,6H2. The Morgan fingerprint density at radius 3 is 2.50 bits per heavy atom. The summed E-state index contributed by atoms with van der Waals surface area (Å²) < 4.78 is 0. The second kappa shape index (κ2) is 4.33. The smallest absolute Gasteiger partial charge is 0.123 e. The van der Waals surface area contributed by atoms with Crippen molar-refractivity contribution in [2.45, 2.75) is 11.8 Å². The minimum absolute atomic E-state index is 0.0248. The van der Waals surface area contributed by atoms with Crippen molar-refractivity contribution in [2.24, 2.45) is 0 Å². The molecule has 3 nitrogen and oxygen atoms in total. The molecule has 0 heterocycles. The number of benzene rings is 1. The molecule has 0 bridgehead atoms. The van der Waals surface area contributed by atoms with E-state index in [1.807, 2.05) is 12.1 Å². The lowest BCUT2D eigenvalue weighted by Crippen LogP contribution is -2.26. The van der Waals surface area contributed by atoms with Gasteiger partial charge in [-0.1, -0.05) is 30.3 Å². The number of rotatable bonds is 4. The first kappa shape index (κ1) is 10.1. The third kappa shape index (κ3) is 1.69. The third-order valence-corrected chi connectivity index (χ3v) is 2.14. The second-order valence-electron chi connectivity index (χ2n) is 2.96. The lowest BCUT2D eigenvalue weighted by Gasteiger charge is -2.18. The molecule has 70 valence electrons. The maximum Gasteiger partial charge on any atom is 0.123 e. The van der Waals surface area contributed by atoms with Crippen molar-refractivity contribution in [1.29, 1.82) is 10.7 Å². The second-order valence-corrected chi connectivity index (χ2v) is 2.96. The van der Waals surface area contributed by atoms with Gasteiger partial charge in [-0.25, -0.2) is 0 Å². The average molecular weight is 186 g/mol. The van der Waals surface area contributed by atoms with Crippen LogP contribution >= 0.6 is 0 Å². The summed E-state index contributed by atoms with van der Waals surface area (Å²) in [4.78, 5) is 10.5. The molecule has 0 aromatic heterocycles. The zero-order valence-electron chi connectivity index (χ0n) is 7.60. The van der Waals surface area contributed by atoms with Gasteiger partial charge in [0.25, 0.3) is 0 Å². The van der Waals surface area contributed by atoms with Crippen molar-refractivity contribution in [2.75, 3.05) is 0 Å². The van der Waals surface area contributed by atoms with Crippen molar-refractivity contribution in [3.63, 3.8) is 0 Å². The van der Waals surface area contributed by atoms with Crippen LogP contribution in [0.2, 0.25) is 0 Å². The Kier molecular flexibility index (Phi) is 3.14. The number of hydrogen-bond donors (Lipinski definition) is 1. The maximum absolute atomic E-state index is 10.5. The molecule has 1 aromatic rings. The fraction of sp³-hybridized carbons (Fsp3) is 0.182. The molecule has 1 rings (SSSR count). The summed E-state index contributed by atoms with van der Waals surface area (Å²) in [5.74, 6) is 0. The number of nitriles is 1. The normalized spacial score (nSPS) is 13.6. The molecular weight excluding hydrogens is 176 g/mol. The molecule has 0 saturated heterocycles. The Hall–Kier alpha value is -1.95. The highest BCUT2D eigenvalue weighted by Gasteiger charge is 2.29. The van der Waals surface area contributed by atoms with E-state index >= 15 is 0 Å². The van der Waals surface area contributed by atoms with Gasteiger partial charge < -0.3 is 10.2 Å². The lowest BCUT2D eigenvalue weighted by molar-refractivity contribution is -0.108. The van der Waals surface area contributed by atoms with E-state index in [4.69, 9.17) is 10.7 Å². The van der Waals surface area contributed by atoms with Crippen LogP contribution in [0.25, 0.3) is 0 Å². The number of carbonyl (C=O) groups excluding carboxylic acids is 1. The quantitative estimate of drug-likeness (QED) is 0.574. The molecule has 1 atom stereocenters. The number of aldehydes is 1. The van der Waals surface area contributed by atoms with E-state index in [1.54, 1.807) is 24.3 Å². The van der Waals surface area contributed by atoms with Crippen LogP contribution in [-0.4, -0.2) is 12.5 Å². The molecule has 1 unspecified atom stereocenters. The predicted molar refractivity (Wildman–Crippen MR) is 53.2 cm³/mol. The van der Waals surface area contributed by atoms with Crippen molar-refractivity contribution < 1.29 is 4.79 Å². The van der Waals surface area contributed by atoms with Crippen molar-refractivity contribution in [3.8, 4) is 6.07 Å². The SMILES string of the molecule is N#CC(C=N)(CC=O)c1ccccc1. The largest absolute Gasteiger partial charge is 0.311 e. The molecule has 0 amide bonds. The number of carbonyl (C=O) groups is 1. The third-order valence-electron chi connectivity index (χ3n) is 2.14. The Morgan fingerprint density at radius 2 is 2.07 bits per heavy atom. The molecule has 14 heavy (non-hydrogen) atoms. The van der Waals surface area contributed by atoms with E-state index in [0.717, 1.165) is 6.21 Å². The van der Waals surface area contributed by atoms with E-state index in [2.05, 4.69) is 0 Å². The summed E-state index contributed by atoms with van der Waals surface area (Å²) in [6.07, 6.45) is 1.72. The first-order chi connectivity index (χ1) is 6.79. The molecule has 3 heteroatoms. The first-order valence-electron chi connectivity index (χ1n) is 4.21. The highest BCUT2D eigenvalue weighted by atomic mass is 16.1. The van der Waals surface area contributed by atoms with Crippen LogP contribution in [0, 0.1) is 16.7 Å². The fourth-order valence-electron chi connectivity index (χ4n) is 1.27. The van der Waals surface area contributed by atoms with E-state index < -0.39 is 5.41 Å². The molecule has 0 spiro atoms. The van der Waals surface area contributed by atoms with E-state index in [1.165, 1.54) is 0 Å². The van der Waals surface area contributed by atoms with Gasteiger partial charge in [0.2, 0.25) is 0 Å². The summed E-state index contributed by atoms with van der Waals surface area (Å²) in [6.45, 7) is 0. The van der Waals surface area contributed by atoms with Gasteiger partial charge in [0.1, 0.15) is 11.7 Å². The molecule has 0 saturated carbocycles. The van der Waals surface area contributed by atoms with Gasteiger partial charge in [-0.3, -0.25) is 0 Å². The number of nitrogens with zero attached hydrogens (tertiary/aromatic N) is 1. The minimum Gasteiger partial charge on any atom is -0.311 e. The summed E-state index contributed by atoms with van der Waals surface area (Å²) in [5.41, 5.74) is -0.409. The summed E-state index contributed by atoms with van der Waals surface area (Å²) in [5, 5.41) is 16.2. The van der Waals surface area contributed by atoms with Crippen LogP contribution in [-0.2, 0) is 10.2 Å². The fourth-order valence-corrected chi connectivity index (χ4v) is 1.27. The van der Waals surface area contributed by atoms with Crippen LogP contribution in [0.3, 0.4) is 0 Å². The molecule has 0 fully saturated rings. The molecule has 0 radical (unpaired) electrons. The van der Waals surface area contributed by atoms with E-state index in [9.17, 15) is 4.79 Å². The van der Waals surface area contributed by atoms with Crippen LogP contribution in [0.4, 0.5) is 0 Å². The van der Waals surface area contributed by atoms with Crippen LogP contribution in [0.15, 0.2) is 30.3 Å². The molecule has 0 aliphatic carbocycles. The molecular formula is C11H10N2O. The highest BCUT2D eigenvalue weighted by molar-refractivity contribution is 5.80. The maximum atomic E-state index is 10.5. The van der Waals surface area contributed by atoms with Crippen LogP contribution < -0.4 is 0 Å². The molecule has 0 aliphatic rings. The molecule has 1 aromatic carbocycles. The van der Waals surface area contributed by atoms with Gasteiger partial charge in [-0.2, -0.15) is 5.26 Å². The lowest BCUT2D eigenvalue weighted by atomic mass is 9.80. The molecule has 1 N–H and O–H groups in total. The monoisotopic (exact) mass is 186 g/mol. The van der Waals surface area contributed by atoms with Crippen molar-refractivity contribution >= 4 is 12.5 Å². The highest BCUT2D eigenvalue weighted by Crippen LogP contribution is 2.23. The first-order valence-corrected chi connectivity index (χ1v) is 4.21. The Morgan fingerprint density at radius 1 is 1.43 bits per heavy atom. The molecule has 0 aliphatic heterocycles. The summed E-state index contributed by atoms with van der Waals surface area (Å²) in [7, 11) is 0. The summed E-state index contributed by atoms with van der Waals surface area (Å²) >= 11 is 0. The zero-order valence-corrected chi connectivity index (χ0v) is 7.60. The Balaban J connectivity index is 3.18. The van der Waals surface area contributed by atoms with Crippen LogP contribution in [0.5, 0.6) is 0 Å². The van der Waals surface area contributed by atoms with Gasteiger partial charge in [0.15, 0.2) is 0 Å². The Bertz CT molecular complexity index is 367. The predicted octanol–water partition coefficient (Wildman–Crippen LogP) is 1.69. The number of nitrogens with one attached hydrogen (secondary N) is 1. The van der Waals surface area contributed by atoms with Gasteiger partial charge in [-0.15, -0.1) is 0 Å². The van der Waals surface area contributed by atoms with Crippen molar-refractivity contribution in [1.82, 2.24) is 0 Å².